The van der Waals surface area contributed by atoms with Crippen LogP contribution in [-0.2, 0) is 0 Å². The summed E-state index contributed by atoms with van der Waals surface area (Å²) in [6.45, 7) is 8.39. The van der Waals surface area contributed by atoms with Gasteiger partial charge in [0, 0.05) is 16.6 Å². The van der Waals surface area contributed by atoms with Gasteiger partial charge < -0.3 is 10.1 Å². The van der Waals surface area contributed by atoms with Crippen LogP contribution in [0.1, 0.15) is 47.9 Å². The maximum atomic E-state index is 11.5. The number of nitrogens with one attached hydrogen (secondary N) is 1. The van der Waals surface area contributed by atoms with Crippen molar-refractivity contribution in [3.05, 3.63) is 93.8 Å². The number of aliphatic hydroxyl groups is 1. The highest BCUT2D eigenvalue weighted by Crippen LogP contribution is 2.35. The number of H-pyrrole nitrogens is 1. The average Bonchev–Trinajstić information content (AvgIpc) is 3.10. The number of hydrogen-bond donors (Lipinski definition) is 2. The summed E-state index contributed by atoms with van der Waals surface area (Å²) in [6.07, 6.45) is 5.60. The summed E-state index contributed by atoms with van der Waals surface area (Å²) < 4.78 is 0. The predicted octanol–water partition coefficient (Wildman–Crippen LogP) is 6.73. The van der Waals surface area contributed by atoms with Crippen LogP contribution in [0.2, 0.25) is 0 Å². The van der Waals surface area contributed by atoms with Crippen LogP contribution in [0.5, 0.6) is 0 Å². The van der Waals surface area contributed by atoms with Crippen LogP contribution < -0.4 is 5.22 Å². The number of aliphatic hydroxyl groups excluding tert-OH is 1. The minimum atomic E-state index is -0.687. The first kappa shape index (κ1) is 19.6. The van der Waals surface area contributed by atoms with E-state index in [1.54, 1.807) is 0 Å². The molecule has 2 nitrogen and oxygen atoms in total. The molecule has 2 N–H and O–H groups in total. The van der Waals surface area contributed by atoms with Gasteiger partial charge in [0.05, 0.1) is 0 Å². The molecule has 0 spiro atoms. The first-order chi connectivity index (χ1) is 15.0. The number of aryl methyl sites for hydroxylation is 2. The van der Waals surface area contributed by atoms with Crippen molar-refractivity contribution in [3.63, 3.8) is 0 Å². The average molecular weight is 406 g/mol. The van der Waals surface area contributed by atoms with Crippen LogP contribution in [0, 0.1) is 13.8 Å². The van der Waals surface area contributed by atoms with Gasteiger partial charge in [0.2, 0.25) is 0 Å². The molecule has 0 aliphatic carbocycles. The Labute approximate surface area is 182 Å². The molecule has 1 atom stereocenters. The Morgan fingerprint density at radius 2 is 1.68 bits per heavy atom. The molecule has 154 valence electrons. The van der Waals surface area contributed by atoms with Crippen LogP contribution in [0.3, 0.4) is 0 Å². The summed E-state index contributed by atoms with van der Waals surface area (Å²) in [5.41, 5.74) is 6.55. The summed E-state index contributed by atoms with van der Waals surface area (Å²) in [5, 5.41) is 18.7. The fourth-order valence-corrected chi connectivity index (χ4v) is 4.90. The minimum Gasteiger partial charge on any atom is -0.384 e. The molecule has 0 aliphatic heterocycles. The molecule has 0 saturated heterocycles. The summed E-state index contributed by atoms with van der Waals surface area (Å²) in [4.78, 5) is 3.47. The van der Waals surface area contributed by atoms with Crippen molar-refractivity contribution < 1.29 is 5.11 Å². The lowest BCUT2D eigenvalue weighted by Gasteiger charge is -2.18. The van der Waals surface area contributed by atoms with Gasteiger partial charge >= 0.3 is 0 Å². The van der Waals surface area contributed by atoms with Crippen molar-refractivity contribution in [1.82, 2.24) is 4.98 Å². The number of fused-ring (bicyclic) bond motifs is 1. The molecule has 1 unspecified atom stereocenters. The second-order valence-corrected chi connectivity index (χ2v) is 8.37. The lowest BCUT2D eigenvalue weighted by molar-refractivity contribution is 0.222. The smallest absolute Gasteiger partial charge is 0.105 e. The van der Waals surface area contributed by atoms with Crippen LogP contribution in [0.15, 0.2) is 60.7 Å². The topological polar surface area (TPSA) is 36.0 Å². The van der Waals surface area contributed by atoms with E-state index in [4.69, 9.17) is 0 Å². The highest BCUT2D eigenvalue weighted by atomic mass is 16.3. The Kier molecular flexibility index (Phi) is 4.68. The molecule has 1 aromatic heterocycles. The standard InChI is InChI=1S/C29H27NO/c1-5-7-25-18(4)24-16-21(12-15-26(24)30-25)29(31)23-14-11-20-9-8-17(3)27-19(6-2)10-13-22(23)28(20)27/h5-16,29-31H,1-4H3/b7-5-,19-6-. The van der Waals surface area contributed by atoms with E-state index in [-0.39, 0.29) is 0 Å². The number of benzene rings is 4. The zero-order chi connectivity index (χ0) is 21.7. The Morgan fingerprint density at radius 3 is 2.45 bits per heavy atom. The zero-order valence-electron chi connectivity index (χ0n) is 18.5. The largest absolute Gasteiger partial charge is 0.384 e. The van der Waals surface area contributed by atoms with Crippen LogP contribution in [0.25, 0.3) is 44.6 Å². The molecule has 0 saturated carbocycles. The molecular weight excluding hydrogens is 378 g/mol. The van der Waals surface area contributed by atoms with Gasteiger partial charge in [-0.2, -0.15) is 0 Å². The molecule has 0 radical (unpaired) electrons. The van der Waals surface area contributed by atoms with Crippen molar-refractivity contribution in [1.29, 1.82) is 0 Å². The van der Waals surface area contributed by atoms with E-state index < -0.39 is 6.10 Å². The Morgan fingerprint density at radius 1 is 0.871 bits per heavy atom. The predicted molar refractivity (Wildman–Crippen MR) is 133 cm³/mol. The highest BCUT2D eigenvalue weighted by Gasteiger charge is 2.18. The molecule has 1 heterocycles. The van der Waals surface area contributed by atoms with Crippen molar-refractivity contribution >= 4 is 44.6 Å². The second-order valence-electron chi connectivity index (χ2n) is 8.37. The molecule has 4 aromatic carbocycles. The first-order valence-corrected chi connectivity index (χ1v) is 10.9. The summed E-state index contributed by atoms with van der Waals surface area (Å²) in [6, 6.07) is 19.1. The Hall–Kier alpha value is -3.36. The van der Waals surface area contributed by atoms with E-state index in [2.05, 4.69) is 86.4 Å². The van der Waals surface area contributed by atoms with Crippen molar-refractivity contribution in [2.45, 2.75) is 33.8 Å². The van der Waals surface area contributed by atoms with Gasteiger partial charge in [0.1, 0.15) is 6.10 Å². The number of allylic oxidation sites excluding steroid dienone is 1. The third kappa shape index (κ3) is 2.98. The van der Waals surface area contributed by atoms with E-state index in [0.717, 1.165) is 33.1 Å². The van der Waals surface area contributed by atoms with Gasteiger partial charge in [-0.15, -0.1) is 0 Å². The number of aromatic nitrogens is 1. The van der Waals surface area contributed by atoms with Gasteiger partial charge in [0.25, 0.3) is 0 Å². The van der Waals surface area contributed by atoms with E-state index >= 15 is 0 Å². The maximum Gasteiger partial charge on any atom is 0.105 e. The first-order valence-electron chi connectivity index (χ1n) is 10.9. The molecule has 0 aliphatic rings. The van der Waals surface area contributed by atoms with E-state index in [1.807, 2.05) is 19.1 Å². The molecule has 2 heteroatoms. The Bertz CT molecular complexity index is 1530. The van der Waals surface area contributed by atoms with E-state index in [1.165, 1.54) is 32.5 Å². The van der Waals surface area contributed by atoms with Crippen LogP contribution in [0.4, 0.5) is 0 Å². The van der Waals surface area contributed by atoms with Gasteiger partial charge in [0.15, 0.2) is 0 Å². The number of rotatable bonds is 3. The van der Waals surface area contributed by atoms with E-state index in [9.17, 15) is 5.11 Å². The van der Waals surface area contributed by atoms with Gasteiger partial charge in [-0.1, -0.05) is 54.6 Å². The quantitative estimate of drug-likeness (QED) is 0.343. The SMILES string of the molecule is C/C=C\c1[nH]c2ccc(C(O)c3ccc4ccc(C)c5/c(=C\C)ccc3c45)cc2c1C. The van der Waals surface area contributed by atoms with Crippen molar-refractivity contribution in [2.75, 3.05) is 0 Å². The summed E-state index contributed by atoms with van der Waals surface area (Å²) >= 11 is 0. The zero-order valence-corrected chi connectivity index (χ0v) is 18.5. The third-order valence-electron chi connectivity index (χ3n) is 6.56. The second kappa shape index (κ2) is 7.40. The molecule has 5 aromatic rings. The summed E-state index contributed by atoms with van der Waals surface area (Å²) in [5.74, 6) is 0. The molecule has 0 fully saturated rings. The number of aromatic amines is 1. The lowest BCUT2D eigenvalue weighted by Crippen LogP contribution is -2.06. The molecule has 31 heavy (non-hydrogen) atoms. The lowest BCUT2D eigenvalue weighted by atomic mass is 9.89. The third-order valence-corrected chi connectivity index (χ3v) is 6.56. The summed E-state index contributed by atoms with van der Waals surface area (Å²) in [7, 11) is 0. The van der Waals surface area contributed by atoms with Crippen LogP contribution >= 0.6 is 0 Å². The fourth-order valence-electron chi connectivity index (χ4n) is 4.90. The van der Waals surface area contributed by atoms with Crippen molar-refractivity contribution in [2.24, 2.45) is 0 Å². The minimum absolute atomic E-state index is 0.687. The molecule has 0 bridgehead atoms. The maximum absolute atomic E-state index is 11.5. The monoisotopic (exact) mass is 405 g/mol. The van der Waals surface area contributed by atoms with Crippen LogP contribution in [-0.4, -0.2) is 10.1 Å². The van der Waals surface area contributed by atoms with Crippen molar-refractivity contribution in [3.8, 4) is 0 Å². The molecule has 5 rings (SSSR count). The Balaban J connectivity index is 1.73. The van der Waals surface area contributed by atoms with Gasteiger partial charge in [-0.3, -0.25) is 0 Å². The van der Waals surface area contributed by atoms with Gasteiger partial charge in [-0.05, 0) is 94.9 Å². The molecular formula is C29H27NO. The van der Waals surface area contributed by atoms with E-state index in [0.29, 0.717) is 0 Å². The molecule has 0 amide bonds. The number of hydrogen-bond acceptors (Lipinski definition) is 1. The van der Waals surface area contributed by atoms with Gasteiger partial charge in [-0.25, -0.2) is 0 Å². The fraction of sp³-hybridized carbons (Fsp3) is 0.172. The highest BCUT2D eigenvalue weighted by molar-refractivity contribution is 6.12. The normalized spacial score (nSPS) is 13.9.